The van der Waals surface area contributed by atoms with Crippen LogP contribution in [-0.2, 0) is 10.8 Å². The Morgan fingerprint density at radius 3 is 2.85 bits per heavy atom. The molecule has 1 aromatic carbocycles. The Balaban J connectivity index is 2.26. The fraction of sp³-hybridized carbons (Fsp3) is 0.357. The molecule has 2 atom stereocenters. The Bertz CT molecular complexity index is 679. The fourth-order valence-electron chi connectivity index (χ4n) is 2.08. The predicted octanol–water partition coefficient (Wildman–Crippen LogP) is 2.29. The van der Waals surface area contributed by atoms with Crippen molar-refractivity contribution in [3.63, 3.8) is 0 Å². The van der Waals surface area contributed by atoms with Gasteiger partial charge in [-0.1, -0.05) is 11.6 Å². The van der Waals surface area contributed by atoms with Crippen molar-refractivity contribution >= 4 is 43.8 Å². The summed E-state index contributed by atoms with van der Waals surface area (Å²) in [6.45, 7) is 3.84. The zero-order valence-corrected chi connectivity index (χ0v) is 13.4. The summed E-state index contributed by atoms with van der Waals surface area (Å²) < 4.78 is 12.2. The van der Waals surface area contributed by atoms with Crippen LogP contribution in [0.25, 0.3) is 10.1 Å². The van der Waals surface area contributed by atoms with Gasteiger partial charge in [-0.3, -0.25) is 9.00 Å². The van der Waals surface area contributed by atoms with Crippen LogP contribution in [0, 0.1) is 6.92 Å². The summed E-state index contributed by atoms with van der Waals surface area (Å²) in [6.07, 6.45) is 1.62. The lowest BCUT2D eigenvalue weighted by Gasteiger charge is -2.11. The Kier molecular flexibility index (Phi) is 4.45. The van der Waals surface area contributed by atoms with E-state index in [2.05, 4.69) is 5.32 Å². The quantitative estimate of drug-likeness (QED) is 0.910. The van der Waals surface area contributed by atoms with Crippen molar-refractivity contribution in [3.05, 3.63) is 28.6 Å². The van der Waals surface area contributed by atoms with Gasteiger partial charge < -0.3 is 11.1 Å². The van der Waals surface area contributed by atoms with Gasteiger partial charge in [0.2, 0.25) is 0 Å². The summed E-state index contributed by atoms with van der Waals surface area (Å²) in [4.78, 5) is 12.8. The van der Waals surface area contributed by atoms with Crippen molar-refractivity contribution in [2.45, 2.75) is 19.9 Å². The summed E-state index contributed by atoms with van der Waals surface area (Å²) in [7, 11) is -0.934. The van der Waals surface area contributed by atoms with Gasteiger partial charge in [-0.2, -0.15) is 0 Å². The van der Waals surface area contributed by atoms with Gasteiger partial charge in [0.15, 0.2) is 0 Å². The van der Waals surface area contributed by atoms with Crippen LogP contribution >= 0.6 is 11.3 Å². The molecule has 2 rings (SSSR count). The van der Waals surface area contributed by atoms with E-state index in [1.807, 2.05) is 32.0 Å². The van der Waals surface area contributed by atoms with Gasteiger partial charge in [-0.25, -0.2) is 0 Å². The van der Waals surface area contributed by atoms with E-state index in [1.165, 1.54) is 11.3 Å². The van der Waals surface area contributed by atoms with Crippen LogP contribution in [0.15, 0.2) is 18.2 Å². The Hall–Kier alpha value is -1.40. The number of hydrogen-bond donors (Lipinski definition) is 2. The molecule has 108 valence electrons. The summed E-state index contributed by atoms with van der Waals surface area (Å²) >= 11 is 1.39. The van der Waals surface area contributed by atoms with Crippen molar-refractivity contribution in [1.29, 1.82) is 0 Å². The minimum absolute atomic E-state index is 0.139. The molecular weight excluding hydrogens is 292 g/mol. The molecule has 4 nitrogen and oxygen atoms in total. The Morgan fingerprint density at radius 1 is 1.50 bits per heavy atom. The van der Waals surface area contributed by atoms with E-state index < -0.39 is 10.8 Å². The van der Waals surface area contributed by atoms with E-state index in [0.29, 0.717) is 16.3 Å². The molecule has 20 heavy (non-hydrogen) atoms. The van der Waals surface area contributed by atoms with Crippen LogP contribution in [0.4, 0.5) is 5.69 Å². The van der Waals surface area contributed by atoms with Crippen LogP contribution in [0.3, 0.4) is 0 Å². The average molecular weight is 310 g/mol. The number of carbonyl (C=O) groups is 1. The SMILES string of the molecule is Cc1ccc2sc(C(=O)NC(C)CS(C)=O)c(N)c2c1. The van der Waals surface area contributed by atoms with Gasteiger partial charge in [-0.15, -0.1) is 11.3 Å². The average Bonchev–Trinajstić information content (AvgIpc) is 2.65. The van der Waals surface area contributed by atoms with Crippen LogP contribution in [0.1, 0.15) is 22.2 Å². The van der Waals surface area contributed by atoms with Crippen molar-refractivity contribution in [3.8, 4) is 0 Å². The number of carbonyl (C=O) groups excluding carboxylic acids is 1. The van der Waals surface area contributed by atoms with Gasteiger partial charge >= 0.3 is 0 Å². The predicted molar refractivity (Wildman–Crippen MR) is 86.8 cm³/mol. The normalized spacial score (nSPS) is 14.2. The van der Waals surface area contributed by atoms with E-state index in [9.17, 15) is 9.00 Å². The van der Waals surface area contributed by atoms with Gasteiger partial charge in [-0.05, 0) is 26.0 Å². The first kappa shape index (κ1) is 15.0. The molecule has 0 aliphatic rings. The van der Waals surface area contributed by atoms with Crippen LogP contribution < -0.4 is 11.1 Å². The molecule has 1 amide bonds. The third-order valence-electron chi connectivity index (χ3n) is 2.95. The van der Waals surface area contributed by atoms with E-state index in [4.69, 9.17) is 5.73 Å². The second kappa shape index (κ2) is 5.93. The minimum Gasteiger partial charge on any atom is -0.397 e. The lowest BCUT2D eigenvalue weighted by molar-refractivity contribution is 0.0948. The molecule has 0 aliphatic heterocycles. The minimum atomic E-state index is -0.934. The number of nitrogens with two attached hydrogens (primary N) is 1. The third-order valence-corrected chi connectivity index (χ3v) is 5.11. The number of amides is 1. The molecule has 0 radical (unpaired) electrons. The summed E-state index contributed by atoms with van der Waals surface area (Å²) in [5.41, 5.74) is 7.71. The number of hydrogen-bond acceptors (Lipinski definition) is 4. The zero-order chi connectivity index (χ0) is 14.9. The van der Waals surface area contributed by atoms with Gasteiger partial charge in [0, 0.05) is 38.9 Å². The summed E-state index contributed by atoms with van der Waals surface area (Å²) in [5, 5.41) is 3.77. The maximum absolute atomic E-state index is 12.2. The first-order valence-electron chi connectivity index (χ1n) is 6.28. The highest BCUT2D eigenvalue weighted by molar-refractivity contribution is 7.84. The number of thiophene rings is 1. The molecule has 6 heteroatoms. The molecule has 0 bridgehead atoms. The topological polar surface area (TPSA) is 72.2 Å². The number of rotatable bonds is 4. The number of anilines is 1. The summed E-state index contributed by atoms with van der Waals surface area (Å²) in [6, 6.07) is 5.83. The highest BCUT2D eigenvalue weighted by Crippen LogP contribution is 2.34. The molecule has 0 fully saturated rings. The first-order chi connectivity index (χ1) is 9.38. The van der Waals surface area contributed by atoms with Crippen LogP contribution in [-0.4, -0.2) is 28.2 Å². The second-order valence-electron chi connectivity index (χ2n) is 4.96. The molecule has 3 N–H and O–H groups in total. The first-order valence-corrected chi connectivity index (χ1v) is 8.82. The molecule has 0 saturated carbocycles. The largest absolute Gasteiger partial charge is 0.397 e. The highest BCUT2D eigenvalue weighted by atomic mass is 32.2. The zero-order valence-electron chi connectivity index (χ0n) is 11.7. The van der Waals surface area contributed by atoms with Crippen molar-refractivity contribution < 1.29 is 9.00 Å². The van der Waals surface area contributed by atoms with Crippen molar-refractivity contribution in [1.82, 2.24) is 5.32 Å². The molecule has 0 aliphatic carbocycles. The van der Waals surface area contributed by atoms with Gasteiger partial charge in [0.25, 0.3) is 5.91 Å². The maximum Gasteiger partial charge on any atom is 0.263 e. The van der Waals surface area contributed by atoms with Crippen LogP contribution in [0.5, 0.6) is 0 Å². The maximum atomic E-state index is 12.2. The third kappa shape index (κ3) is 3.19. The number of nitrogen functional groups attached to an aromatic ring is 1. The van der Waals surface area contributed by atoms with Crippen LogP contribution in [0.2, 0.25) is 0 Å². The highest BCUT2D eigenvalue weighted by Gasteiger charge is 2.18. The lowest BCUT2D eigenvalue weighted by Crippen LogP contribution is -2.36. The lowest BCUT2D eigenvalue weighted by atomic mass is 10.1. The number of benzene rings is 1. The number of aryl methyl sites for hydroxylation is 1. The van der Waals surface area contributed by atoms with E-state index in [-0.39, 0.29) is 11.9 Å². The molecular formula is C14H18N2O2S2. The standard InChI is InChI=1S/C14H18N2O2S2/c1-8-4-5-11-10(6-8)12(15)13(19-11)14(17)16-9(2)7-20(3)18/h4-6,9H,7,15H2,1-3H3,(H,16,17). The van der Waals surface area contributed by atoms with Gasteiger partial charge in [0.05, 0.1) is 5.69 Å². The van der Waals surface area contributed by atoms with Gasteiger partial charge in [0.1, 0.15) is 4.88 Å². The number of nitrogens with one attached hydrogen (secondary N) is 1. The van der Waals surface area contributed by atoms with E-state index in [0.717, 1.165) is 15.6 Å². The monoisotopic (exact) mass is 310 g/mol. The molecule has 2 aromatic rings. The molecule has 0 spiro atoms. The molecule has 1 heterocycles. The second-order valence-corrected chi connectivity index (χ2v) is 7.49. The summed E-state index contributed by atoms with van der Waals surface area (Å²) in [5.74, 6) is 0.245. The van der Waals surface area contributed by atoms with Crippen molar-refractivity contribution in [2.75, 3.05) is 17.7 Å². The Morgan fingerprint density at radius 2 is 2.20 bits per heavy atom. The van der Waals surface area contributed by atoms with E-state index >= 15 is 0 Å². The molecule has 2 unspecified atom stereocenters. The smallest absolute Gasteiger partial charge is 0.263 e. The number of fused-ring (bicyclic) bond motifs is 1. The molecule has 1 aromatic heterocycles. The Labute approximate surface area is 124 Å². The van der Waals surface area contributed by atoms with Crippen molar-refractivity contribution in [2.24, 2.45) is 0 Å². The van der Waals surface area contributed by atoms with E-state index in [1.54, 1.807) is 6.26 Å². The fourth-order valence-corrected chi connectivity index (χ4v) is 3.88. The molecule has 0 saturated heterocycles.